The van der Waals surface area contributed by atoms with E-state index in [0.29, 0.717) is 0 Å². The molecule has 0 aliphatic heterocycles. The van der Waals surface area contributed by atoms with Crippen molar-refractivity contribution in [3.8, 4) is 0 Å². The van der Waals surface area contributed by atoms with Crippen LogP contribution in [0.4, 0.5) is 0 Å². The molecule has 0 heterocycles. The number of rotatable bonds is 0. The van der Waals surface area contributed by atoms with Gasteiger partial charge in [-0.2, -0.15) is 0 Å². The Balaban J connectivity index is -0.0000000450. The van der Waals surface area contributed by atoms with Crippen LogP contribution < -0.4 is 29.6 Å². The largest absolute Gasteiger partial charge is 1.00 e. The molecule has 0 aliphatic carbocycles. The minimum Gasteiger partial charge on any atom is 1.00 e. The van der Waals surface area contributed by atoms with Crippen LogP contribution in [0.3, 0.4) is 0 Å². The van der Waals surface area contributed by atoms with Gasteiger partial charge in [0.25, 0.3) is 0 Å². The van der Waals surface area contributed by atoms with Gasteiger partial charge in [0.1, 0.15) is 0 Å². The molecule has 0 unspecified atom stereocenters. The van der Waals surface area contributed by atoms with E-state index in [1.165, 1.54) is 0 Å². The summed E-state index contributed by atoms with van der Waals surface area (Å²) in [6, 6.07) is 0. The molecular formula is HBiI3Na. The molecule has 0 spiro atoms. The second-order valence-corrected chi connectivity index (χ2v) is 75.7. The Kier molecular flexibility index (Phi) is 19.1. The second-order valence-electron chi connectivity index (χ2n) is 0.192. The van der Waals surface area contributed by atoms with Crippen molar-refractivity contribution in [3.63, 3.8) is 0 Å². The van der Waals surface area contributed by atoms with Crippen molar-refractivity contribution in [1.82, 2.24) is 0 Å². The van der Waals surface area contributed by atoms with Crippen LogP contribution in [0.15, 0.2) is 0 Å². The Morgan fingerprint density at radius 2 is 1.20 bits per heavy atom. The summed E-state index contributed by atoms with van der Waals surface area (Å²) in [6.45, 7) is 0. The molecule has 0 bridgehead atoms. The van der Waals surface area contributed by atoms with Crippen LogP contribution in [-0.2, 0) is 0 Å². The standard InChI is InChI=1S/Bi.3HI.Na.H/h;3*1H;;/q+3;;;;+1;-1/p-3. The predicted molar refractivity (Wildman–Crippen MR) is 48.9 cm³/mol. The van der Waals surface area contributed by atoms with E-state index >= 15 is 0 Å². The van der Waals surface area contributed by atoms with Crippen molar-refractivity contribution in [1.29, 1.82) is 0 Å². The third kappa shape index (κ3) is 17.9. The van der Waals surface area contributed by atoms with E-state index < -0.39 is 9.18 Å². The zero-order valence-electron chi connectivity index (χ0n) is 3.58. The van der Waals surface area contributed by atoms with E-state index in [1.54, 1.807) is 0 Å². The third-order valence-electron chi connectivity index (χ3n) is 0. The van der Waals surface area contributed by atoms with Gasteiger partial charge >= 0.3 is 92.9 Å². The van der Waals surface area contributed by atoms with Gasteiger partial charge in [-0.3, -0.25) is 0 Å². The zero-order valence-corrected chi connectivity index (χ0v) is 14.5. The van der Waals surface area contributed by atoms with Crippen LogP contribution in [0.5, 0.6) is 0 Å². The SMILES string of the molecule is [H-].[I][Bi]([I])[I].[Na+]. The van der Waals surface area contributed by atoms with E-state index in [2.05, 4.69) is 54.1 Å². The molecule has 0 saturated heterocycles. The van der Waals surface area contributed by atoms with Crippen molar-refractivity contribution in [2.24, 2.45) is 0 Å². The summed E-state index contributed by atoms with van der Waals surface area (Å²) in [5.41, 5.74) is 0. The molecule has 0 N–H and O–H groups in total. The van der Waals surface area contributed by atoms with Crippen molar-refractivity contribution < 1.29 is 31.0 Å². The third-order valence-corrected chi connectivity index (χ3v) is 0. The quantitative estimate of drug-likeness (QED) is 0.253. The van der Waals surface area contributed by atoms with Gasteiger partial charge < -0.3 is 1.43 Å². The summed E-state index contributed by atoms with van der Waals surface area (Å²) >= 11 is 7.56. The number of hydrogen-bond donors (Lipinski definition) is 0. The smallest absolute Gasteiger partial charge is 1.00 e. The van der Waals surface area contributed by atoms with Gasteiger partial charge in [0, 0.05) is 0 Å². The van der Waals surface area contributed by atoms with Gasteiger partial charge in [-0.05, 0) is 0 Å². The van der Waals surface area contributed by atoms with Crippen LogP contribution in [0, 0.1) is 0 Å². The predicted octanol–water partition coefficient (Wildman–Crippen LogP) is -0.607. The summed E-state index contributed by atoms with van der Waals surface area (Å²) in [6.07, 6.45) is 0. The Hall–Kier alpha value is 4.07. The Labute approximate surface area is 91.1 Å². The first-order valence-corrected chi connectivity index (χ1v) is 29.8. The molecule has 28 valence electrons. The maximum atomic E-state index is 2.52. The maximum absolute atomic E-state index is 2.52. The minimum atomic E-state index is -0.683. The molecule has 0 aromatic rings. The second kappa shape index (κ2) is 8.07. The molecule has 0 amide bonds. The molecular weight excluding hydrogens is 613 g/mol. The van der Waals surface area contributed by atoms with E-state index in [0.717, 1.165) is 0 Å². The molecule has 0 aliphatic rings. The van der Waals surface area contributed by atoms with Crippen LogP contribution in [0.1, 0.15) is 1.43 Å². The van der Waals surface area contributed by atoms with Crippen LogP contribution in [-0.4, -0.2) is 9.18 Å². The van der Waals surface area contributed by atoms with E-state index in [1.807, 2.05) is 0 Å². The molecule has 0 rings (SSSR count). The fraction of sp³-hybridized carbons (Fsp3) is 0. The molecule has 5 heavy (non-hydrogen) atoms. The topological polar surface area (TPSA) is 0 Å². The van der Waals surface area contributed by atoms with Crippen molar-refractivity contribution >= 4 is 63.3 Å². The molecule has 0 atom stereocenters. The zero-order chi connectivity index (χ0) is 3.58. The number of hydrogen-bond acceptors (Lipinski definition) is 0. The first kappa shape index (κ1) is 11.8. The van der Waals surface area contributed by atoms with Gasteiger partial charge in [-0.25, -0.2) is 0 Å². The van der Waals surface area contributed by atoms with E-state index in [9.17, 15) is 0 Å². The average molecular weight is 614 g/mol. The Bertz CT molecular complexity index is 15.5. The molecule has 5 heteroatoms. The first-order chi connectivity index (χ1) is 1.73. The summed E-state index contributed by atoms with van der Waals surface area (Å²) in [5, 5.41) is 0. The summed E-state index contributed by atoms with van der Waals surface area (Å²) < 4.78 is 0. The van der Waals surface area contributed by atoms with Crippen LogP contribution in [0.2, 0.25) is 0 Å². The van der Waals surface area contributed by atoms with Gasteiger partial charge in [-0.1, -0.05) is 0 Å². The van der Waals surface area contributed by atoms with Gasteiger partial charge in [0.05, 0.1) is 0 Å². The van der Waals surface area contributed by atoms with Gasteiger partial charge in [-0.15, -0.1) is 0 Å². The fourth-order valence-electron chi connectivity index (χ4n) is 0. The Morgan fingerprint density at radius 1 is 1.20 bits per heavy atom. The van der Waals surface area contributed by atoms with E-state index in [-0.39, 0.29) is 31.0 Å². The molecule has 0 saturated carbocycles. The number of halogens is 3. The van der Waals surface area contributed by atoms with Gasteiger partial charge in [0.2, 0.25) is 0 Å². The first-order valence-electron chi connectivity index (χ1n) is 0.507. The summed E-state index contributed by atoms with van der Waals surface area (Å²) in [7, 11) is -0.683. The monoisotopic (exact) mass is 614 g/mol. The van der Waals surface area contributed by atoms with Crippen LogP contribution >= 0.6 is 54.1 Å². The summed E-state index contributed by atoms with van der Waals surface area (Å²) in [4.78, 5) is 0. The Morgan fingerprint density at radius 3 is 1.20 bits per heavy atom. The van der Waals surface area contributed by atoms with Gasteiger partial charge in [0.15, 0.2) is 0 Å². The molecule has 0 nitrogen and oxygen atoms in total. The molecule has 0 fully saturated rings. The maximum Gasteiger partial charge on any atom is 1.00 e. The molecule has 0 radical (unpaired) electrons. The van der Waals surface area contributed by atoms with Crippen LogP contribution in [0.25, 0.3) is 0 Å². The average Bonchev–Trinajstić information content (AvgIpc) is 0.811. The minimum absolute atomic E-state index is 0. The fourth-order valence-corrected chi connectivity index (χ4v) is 0. The van der Waals surface area contributed by atoms with Crippen molar-refractivity contribution in [3.05, 3.63) is 0 Å². The normalized spacial score (nSPS) is 7.20. The molecule has 0 aromatic carbocycles. The van der Waals surface area contributed by atoms with Crippen molar-refractivity contribution in [2.45, 2.75) is 0 Å². The summed E-state index contributed by atoms with van der Waals surface area (Å²) in [5.74, 6) is 0. The molecule has 0 aromatic heterocycles. The van der Waals surface area contributed by atoms with E-state index in [4.69, 9.17) is 0 Å². The van der Waals surface area contributed by atoms with Crippen molar-refractivity contribution in [2.75, 3.05) is 0 Å².